The molecule has 6 nitrogen and oxygen atoms in total. The van der Waals surface area contributed by atoms with E-state index >= 15 is 0 Å². The number of amides is 2. The zero-order valence-electron chi connectivity index (χ0n) is 19.4. The lowest BCUT2D eigenvalue weighted by atomic mass is 9.78. The Balaban J connectivity index is 2.25. The average Bonchev–Trinajstić information content (AvgIpc) is 2.81. The number of halogens is 1. The highest BCUT2D eigenvalue weighted by atomic mass is 19.1. The summed E-state index contributed by atoms with van der Waals surface area (Å²) in [6, 6.07) is 8.82. The molecule has 1 aliphatic heterocycles. The zero-order valence-corrected chi connectivity index (χ0v) is 19.4. The molecule has 0 unspecified atom stereocenters. The number of unbranched alkanes of at least 4 members (excludes halogenated alkanes) is 1. The van der Waals surface area contributed by atoms with E-state index in [1.54, 1.807) is 42.3 Å². The standard InChI is InChI=1S/C25H31FN2O4/c1-6-8-13-28(7-2)25(30)22-17-14-20(31-4)21(32-5)15-18(17)24(29)27(3)23(22)16-11-9-10-12-19(16)26/h9-12,14-15,22-23H,6-8,13H2,1-5H3/t22-,23-/m1/s1. The van der Waals surface area contributed by atoms with Gasteiger partial charge in [-0.25, -0.2) is 4.39 Å². The van der Waals surface area contributed by atoms with Gasteiger partial charge in [0.2, 0.25) is 5.91 Å². The Morgan fingerprint density at radius 3 is 2.34 bits per heavy atom. The third kappa shape index (κ3) is 4.16. The molecular formula is C25H31FN2O4. The first-order valence-corrected chi connectivity index (χ1v) is 11.0. The van der Waals surface area contributed by atoms with E-state index in [0.29, 0.717) is 41.3 Å². The van der Waals surface area contributed by atoms with Gasteiger partial charge >= 0.3 is 0 Å². The molecule has 2 aromatic carbocycles. The lowest BCUT2D eigenvalue weighted by Gasteiger charge is -2.41. The number of hydrogen-bond donors (Lipinski definition) is 0. The molecule has 0 N–H and O–H groups in total. The molecule has 1 heterocycles. The largest absolute Gasteiger partial charge is 0.493 e. The van der Waals surface area contributed by atoms with Gasteiger partial charge in [-0.15, -0.1) is 0 Å². The van der Waals surface area contributed by atoms with Gasteiger partial charge in [0.05, 0.1) is 26.2 Å². The van der Waals surface area contributed by atoms with Crippen LogP contribution in [0.3, 0.4) is 0 Å². The van der Waals surface area contributed by atoms with Crippen molar-refractivity contribution in [2.24, 2.45) is 0 Å². The van der Waals surface area contributed by atoms with E-state index in [-0.39, 0.29) is 11.8 Å². The molecule has 172 valence electrons. The van der Waals surface area contributed by atoms with E-state index in [4.69, 9.17) is 9.47 Å². The maximum Gasteiger partial charge on any atom is 0.254 e. The summed E-state index contributed by atoms with van der Waals surface area (Å²) < 4.78 is 25.8. The lowest BCUT2D eigenvalue weighted by molar-refractivity contribution is -0.134. The summed E-state index contributed by atoms with van der Waals surface area (Å²) in [5, 5.41) is 0. The van der Waals surface area contributed by atoms with Crippen LogP contribution in [-0.2, 0) is 4.79 Å². The van der Waals surface area contributed by atoms with Gasteiger partial charge in [-0.2, -0.15) is 0 Å². The number of nitrogens with zero attached hydrogens (tertiary/aromatic N) is 2. The van der Waals surface area contributed by atoms with Crippen molar-refractivity contribution in [3.05, 3.63) is 58.9 Å². The van der Waals surface area contributed by atoms with Crippen LogP contribution in [0, 0.1) is 5.82 Å². The van der Waals surface area contributed by atoms with Gasteiger partial charge in [0.1, 0.15) is 5.82 Å². The average molecular weight is 443 g/mol. The molecule has 0 aliphatic carbocycles. The van der Waals surface area contributed by atoms with E-state index in [1.165, 1.54) is 25.2 Å². The second-order valence-corrected chi connectivity index (χ2v) is 7.93. The highest BCUT2D eigenvalue weighted by molar-refractivity contribution is 6.02. The molecule has 0 fully saturated rings. The summed E-state index contributed by atoms with van der Waals surface area (Å²) >= 11 is 0. The maximum absolute atomic E-state index is 14.9. The Morgan fingerprint density at radius 1 is 1.09 bits per heavy atom. The molecule has 32 heavy (non-hydrogen) atoms. The van der Waals surface area contributed by atoms with Crippen molar-refractivity contribution in [3.63, 3.8) is 0 Å². The molecule has 3 rings (SSSR count). The maximum atomic E-state index is 14.9. The van der Waals surface area contributed by atoms with Gasteiger partial charge in [0.15, 0.2) is 11.5 Å². The minimum atomic E-state index is -0.780. The summed E-state index contributed by atoms with van der Waals surface area (Å²) in [7, 11) is 4.61. The highest BCUT2D eigenvalue weighted by Crippen LogP contribution is 2.46. The SMILES string of the molecule is CCCCN(CC)C(=O)[C@@H]1c2cc(OC)c(OC)cc2C(=O)N(C)[C@@H]1c1ccccc1F. The van der Waals surface area contributed by atoms with E-state index in [2.05, 4.69) is 6.92 Å². The van der Waals surface area contributed by atoms with Crippen molar-refractivity contribution in [1.29, 1.82) is 0 Å². The van der Waals surface area contributed by atoms with Gasteiger partial charge in [-0.05, 0) is 37.1 Å². The highest BCUT2D eigenvalue weighted by Gasteiger charge is 2.45. The molecule has 0 saturated carbocycles. The van der Waals surface area contributed by atoms with Crippen molar-refractivity contribution in [1.82, 2.24) is 9.80 Å². The summed E-state index contributed by atoms with van der Waals surface area (Å²) in [5.41, 5.74) is 1.20. The predicted molar refractivity (Wildman–Crippen MR) is 121 cm³/mol. The molecule has 0 radical (unpaired) electrons. The van der Waals surface area contributed by atoms with E-state index in [9.17, 15) is 14.0 Å². The number of rotatable bonds is 8. The number of fused-ring (bicyclic) bond motifs is 1. The number of carbonyl (C=O) groups excluding carboxylic acids is 2. The molecule has 1 aliphatic rings. The van der Waals surface area contributed by atoms with Crippen LogP contribution in [0.15, 0.2) is 36.4 Å². The molecule has 0 bridgehead atoms. The number of carbonyl (C=O) groups is 2. The van der Waals surface area contributed by atoms with Crippen molar-refractivity contribution in [2.75, 3.05) is 34.4 Å². The Kier molecular flexibility index (Phi) is 7.38. The van der Waals surface area contributed by atoms with Crippen LogP contribution in [0.1, 0.15) is 60.1 Å². The normalized spacial score (nSPS) is 17.7. The Hall–Kier alpha value is -3.09. The molecule has 0 spiro atoms. The molecule has 2 amide bonds. The van der Waals surface area contributed by atoms with Crippen molar-refractivity contribution >= 4 is 11.8 Å². The Bertz CT molecular complexity index is 994. The van der Waals surface area contributed by atoms with Crippen LogP contribution in [0.2, 0.25) is 0 Å². The second kappa shape index (κ2) is 10.0. The van der Waals surface area contributed by atoms with Crippen LogP contribution >= 0.6 is 0 Å². The summed E-state index contributed by atoms with van der Waals surface area (Å²) in [6.45, 7) is 5.13. The fourth-order valence-corrected chi connectivity index (χ4v) is 4.39. The minimum absolute atomic E-state index is 0.137. The molecule has 0 saturated heterocycles. The van der Waals surface area contributed by atoms with Crippen molar-refractivity contribution in [3.8, 4) is 11.5 Å². The van der Waals surface area contributed by atoms with E-state index < -0.39 is 17.8 Å². The van der Waals surface area contributed by atoms with E-state index in [0.717, 1.165) is 12.8 Å². The summed E-state index contributed by atoms with van der Waals surface area (Å²) in [6.07, 6.45) is 1.81. The van der Waals surface area contributed by atoms with Crippen molar-refractivity contribution in [2.45, 2.75) is 38.6 Å². The summed E-state index contributed by atoms with van der Waals surface area (Å²) in [5.74, 6) is -0.833. The Labute approximate surface area is 188 Å². The van der Waals surface area contributed by atoms with Crippen LogP contribution < -0.4 is 9.47 Å². The molecular weight excluding hydrogens is 411 g/mol. The third-order valence-corrected chi connectivity index (χ3v) is 6.14. The number of hydrogen-bond acceptors (Lipinski definition) is 4. The van der Waals surface area contributed by atoms with Crippen LogP contribution in [0.4, 0.5) is 4.39 Å². The van der Waals surface area contributed by atoms with Gasteiger partial charge in [0, 0.05) is 31.3 Å². The van der Waals surface area contributed by atoms with Gasteiger partial charge in [-0.3, -0.25) is 9.59 Å². The summed E-state index contributed by atoms with van der Waals surface area (Å²) in [4.78, 5) is 30.5. The number of ether oxygens (including phenoxy) is 2. The predicted octanol–water partition coefficient (Wildman–Crippen LogP) is 4.40. The molecule has 2 atom stereocenters. The minimum Gasteiger partial charge on any atom is -0.493 e. The second-order valence-electron chi connectivity index (χ2n) is 7.93. The fourth-order valence-electron chi connectivity index (χ4n) is 4.39. The Morgan fingerprint density at radius 2 is 1.75 bits per heavy atom. The monoisotopic (exact) mass is 442 g/mol. The molecule has 7 heteroatoms. The van der Waals surface area contributed by atoms with Gasteiger partial charge in [0.25, 0.3) is 5.91 Å². The van der Waals surface area contributed by atoms with E-state index in [1.807, 2.05) is 6.92 Å². The van der Waals surface area contributed by atoms with Gasteiger partial charge in [-0.1, -0.05) is 31.5 Å². The van der Waals surface area contributed by atoms with Crippen LogP contribution in [0.5, 0.6) is 11.5 Å². The molecule has 0 aromatic heterocycles. The van der Waals surface area contributed by atoms with Crippen LogP contribution in [0.25, 0.3) is 0 Å². The van der Waals surface area contributed by atoms with Crippen molar-refractivity contribution < 1.29 is 23.5 Å². The first kappa shape index (κ1) is 23.6. The molecule has 2 aromatic rings. The van der Waals surface area contributed by atoms with Crippen LogP contribution in [-0.4, -0.2) is 56.0 Å². The first-order chi connectivity index (χ1) is 15.4. The number of benzene rings is 2. The lowest BCUT2D eigenvalue weighted by Crippen LogP contribution is -2.47. The number of likely N-dealkylation sites (N-methyl/N-ethyl adjacent to an activating group) is 2. The first-order valence-electron chi connectivity index (χ1n) is 11.0. The third-order valence-electron chi connectivity index (χ3n) is 6.14. The fraction of sp³-hybridized carbons (Fsp3) is 0.440. The topological polar surface area (TPSA) is 59.1 Å². The zero-order chi connectivity index (χ0) is 23.4. The quantitative estimate of drug-likeness (QED) is 0.608. The van der Waals surface area contributed by atoms with Gasteiger partial charge < -0.3 is 19.3 Å². The number of methoxy groups -OCH3 is 2. The smallest absolute Gasteiger partial charge is 0.254 e.